The van der Waals surface area contributed by atoms with Crippen LogP contribution in [0.4, 0.5) is 0 Å². The van der Waals surface area contributed by atoms with Crippen LogP contribution in [-0.4, -0.2) is 98.3 Å². The molecule has 0 aliphatic rings. The van der Waals surface area contributed by atoms with Crippen LogP contribution >= 0.6 is 0 Å². The fourth-order valence-electron chi connectivity index (χ4n) is 4.50. The van der Waals surface area contributed by atoms with Gasteiger partial charge in [-0.05, 0) is 44.9 Å². The van der Waals surface area contributed by atoms with E-state index in [-0.39, 0.29) is 63.4 Å². The summed E-state index contributed by atoms with van der Waals surface area (Å²) in [5, 5.41) is 28.3. The van der Waals surface area contributed by atoms with Gasteiger partial charge in [-0.3, -0.25) is 14.4 Å². The average molecular weight is 593 g/mol. The number of aliphatic hydroxyl groups is 2. The molecule has 4 unspecified atom stereocenters. The van der Waals surface area contributed by atoms with Gasteiger partial charge < -0.3 is 39.0 Å². The maximum atomic E-state index is 11.8. The van der Waals surface area contributed by atoms with Gasteiger partial charge in [0.15, 0.2) is 0 Å². The lowest BCUT2D eigenvalue weighted by atomic mass is 9.96. The highest BCUT2D eigenvalue weighted by atomic mass is 16.6. The van der Waals surface area contributed by atoms with Gasteiger partial charge in [0.05, 0.1) is 37.3 Å². The zero-order valence-corrected chi connectivity index (χ0v) is 25.6. The lowest BCUT2D eigenvalue weighted by Crippen LogP contribution is -2.35. The summed E-state index contributed by atoms with van der Waals surface area (Å²) < 4.78 is 27.4. The van der Waals surface area contributed by atoms with Crippen molar-refractivity contribution in [3.8, 4) is 0 Å². The number of unbranched alkanes of at least 4 members (excludes halogenated alkanes) is 6. The molecular weight excluding hydrogens is 536 g/mol. The molecule has 0 aromatic rings. The Morgan fingerprint density at radius 2 is 1.24 bits per heavy atom. The standard InChI is InChI=1S/C30H56O11/c1-4-5-8-14-26(38-3)27(39-21-12-11-20-31)17-16-25(37-2)24(32)13-9-6-7-10-15-29(35)40-22-23-41-30(36)19-18-28(33)34/h24-27,31-32H,4-23H2,1-3H3,(H,33,34). The lowest BCUT2D eigenvalue weighted by Gasteiger charge is -2.29. The number of hydrogen-bond acceptors (Lipinski definition) is 10. The first-order valence-corrected chi connectivity index (χ1v) is 15.3. The first-order valence-electron chi connectivity index (χ1n) is 15.3. The molecule has 3 N–H and O–H groups in total. The van der Waals surface area contributed by atoms with E-state index in [1.54, 1.807) is 14.2 Å². The zero-order chi connectivity index (χ0) is 30.7. The van der Waals surface area contributed by atoms with Gasteiger partial charge in [0.1, 0.15) is 13.2 Å². The molecule has 0 heterocycles. The summed E-state index contributed by atoms with van der Waals surface area (Å²) >= 11 is 0. The predicted octanol–water partition coefficient (Wildman–Crippen LogP) is 4.19. The van der Waals surface area contributed by atoms with Gasteiger partial charge in [-0.1, -0.05) is 45.4 Å². The van der Waals surface area contributed by atoms with Gasteiger partial charge >= 0.3 is 17.9 Å². The monoisotopic (exact) mass is 592 g/mol. The molecule has 11 heteroatoms. The zero-order valence-electron chi connectivity index (χ0n) is 25.6. The molecular formula is C30H56O11. The highest BCUT2D eigenvalue weighted by Crippen LogP contribution is 2.21. The smallest absolute Gasteiger partial charge is 0.306 e. The van der Waals surface area contributed by atoms with Crippen LogP contribution in [0.1, 0.15) is 110 Å². The van der Waals surface area contributed by atoms with Crippen molar-refractivity contribution >= 4 is 17.9 Å². The first kappa shape index (κ1) is 39.2. The van der Waals surface area contributed by atoms with E-state index in [9.17, 15) is 19.5 Å². The van der Waals surface area contributed by atoms with Crippen molar-refractivity contribution in [2.45, 2.75) is 134 Å². The first-order chi connectivity index (χ1) is 19.8. The van der Waals surface area contributed by atoms with Gasteiger partial charge in [0, 0.05) is 33.9 Å². The summed E-state index contributed by atoms with van der Waals surface area (Å²) in [6, 6.07) is 0. The minimum Gasteiger partial charge on any atom is -0.481 e. The van der Waals surface area contributed by atoms with Crippen LogP contribution in [-0.2, 0) is 38.1 Å². The van der Waals surface area contributed by atoms with Crippen molar-refractivity contribution in [1.82, 2.24) is 0 Å². The summed E-state index contributed by atoms with van der Waals surface area (Å²) in [7, 11) is 3.33. The number of aliphatic hydroxyl groups excluding tert-OH is 2. The number of ether oxygens (including phenoxy) is 5. The Labute approximate surface area is 246 Å². The normalized spacial score (nSPS) is 14.3. The Kier molecular flexibility index (Phi) is 25.9. The lowest BCUT2D eigenvalue weighted by molar-refractivity contribution is -0.153. The minimum absolute atomic E-state index is 0.0177. The number of carboxylic acid groups (broad SMARTS) is 1. The fourth-order valence-corrected chi connectivity index (χ4v) is 4.50. The molecule has 0 radical (unpaired) electrons. The third-order valence-electron chi connectivity index (χ3n) is 6.94. The maximum absolute atomic E-state index is 11.8. The molecule has 11 nitrogen and oxygen atoms in total. The van der Waals surface area contributed by atoms with Gasteiger partial charge in [0.2, 0.25) is 0 Å². The molecule has 242 valence electrons. The number of esters is 2. The third kappa shape index (κ3) is 22.5. The van der Waals surface area contributed by atoms with E-state index < -0.39 is 18.0 Å². The van der Waals surface area contributed by atoms with Crippen LogP contribution in [0, 0.1) is 0 Å². The van der Waals surface area contributed by atoms with Crippen LogP contribution in [0.3, 0.4) is 0 Å². The van der Waals surface area contributed by atoms with Gasteiger partial charge in [-0.2, -0.15) is 0 Å². The van der Waals surface area contributed by atoms with Crippen LogP contribution in [0.2, 0.25) is 0 Å². The minimum atomic E-state index is -1.07. The number of aliphatic carboxylic acids is 1. The van der Waals surface area contributed by atoms with Gasteiger partial charge in [0.25, 0.3) is 0 Å². The summed E-state index contributed by atoms with van der Waals surface area (Å²) in [6.07, 6.45) is 9.62. The fraction of sp³-hybridized carbons (Fsp3) is 0.900. The number of carbonyl (C=O) groups is 3. The van der Waals surface area contributed by atoms with Crippen LogP contribution < -0.4 is 0 Å². The van der Waals surface area contributed by atoms with Crippen LogP contribution in [0.15, 0.2) is 0 Å². The molecule has 0 fully saturated rings. The molecule has 0 saturated carbocycles. The molecule has 0 aromatic carbocycles. The molecule has 4 atom stereocenters. The topological polar surface area (TPSA) is 158 Å². The molecule has 0 rings (SSSR count). The van der Waals surface area contributed by atoms with Crippen molar-refractivity contribution in [2.24, 2.45) is 0 Å². The number of rotatable bonds is 29. The van der Waals surface area contributed by atoms with Crippen molar-refractivity contribution in [2.75, 3.05) is 40.6 Å². The highest BCUT2D eigenvalue weighted by molar-refractivity contribution is 5.76. The molecule has 0 saturated heterocycles. The largest absolute Gasteiger partial charge is 0.481 e. The molecule has 0 bridgehead atoms. The summed E-state index contributed by atoms with van der Waals surface area (Å²) in [6.45, 7) is 2.74. The van der Waals surface area contributed by atoms with E-state index in [4.69, 9.17) is 33.9 Å². The van der Waals surface area contributed by atoms with Crippen molar-refractivity contribution < 1.29 is 53.4 Å². The van der Waals surface area contributed by atoms with E-state index in [1.165, 1.54) is 0 Å². The van der Waals surface area contributed by atoms with Crippen molar-refractivity contribution in [1.29, 1.82) is 0 Å². The van der Waals surface area contributed by atoms with E-state index >= 15 is 0 Å². The Balaban J connectivity index is 4.26. The van der Waals surface area contributed by atoms with Gasteiger partial charge in [-0.25, -0.2) is 0 Å². The summed E-state index contributed by atoms with van der Waals surface area (Å²) in [5.41, 5.74) is 0. The second kappa shape index (κ2) is 27.1. The van der Waals surface area contributed by atoms with E-state index in [0.29, 0.717) is 38.7 Å². The molecule has 0 aliphatic carbocycles. The average Bonchev–Trinajstić information content (AvgIpc) is 2.95. The number of hydrogen-bond donors (Lipinski definition) is 3. The molecule has 41 heavy (non-hydrogen) atoms. The molecule has 0 aliphatic heterocycles. The van der Waals surface area contributed by atoms with E-state index in [1.807, 2.05) is 0 Å². The van der Waals surface area contributed by atoms with Crippen molar-refractivity contribution in [3.05, 3.63) is 0 Å². The molecule has 0 aromatic heterocycles. The predicted molar refractivity (Wildman–Crippen MR) is 154 cm³/mol. The van der Waals surface area contributed by atoms with Gasteiger partial charge in [-0.15, -0.1) is 0 Å². The Hall–Kier alpha value is -1.79. The Morgan fingerprint density at radius 1 is 0.634 bits per heavy atom. The van der Waals surface area contributed by atoms with Crippen LogP contribution in [0.25, 0.3) is 0 Å². The maximum Gasteiger partial charge on any atom is 0.306 e. The summed E-state index contributed by atoms with van der Waals surface area (Å²) in [4.78, 5) is 33.5. The Morgan fingerprint density at radius 3 is 1.85 bits per heavy atom. The number of carbonyl (C=O) groups excluding carboxylic acids is 2. The Bertz CT molecular complexity index is 658. The van der Waals surface area contributed by atoms with Crippen molar-refractivity contribution in [3.63, 3.8) is 0 Å². The third-order valence-corrected chi connectivity index (χ3v) is 6.94. The SMILES string of the molecule is CCCCCC(OC)C(CCC(OC)C(O)CCCCCCC(=O)OCCOC(=O)CCC(=O)O)OCCCCO. The van der Waals surface area contributed by atoms with E-state index in [2.05, 4.69) is 6.92 Å². The quantitative estimate of drug-likeness (QED) is 0.0845. The summed E-state index contributed by atoms with van der Waals surface area (Å²) in [5.74, 6) is -2.08. The highest BCUT2D eigenvalue weighted by Gasteiger charge is 2.26. The van der Waals surface area contributed by atoms with E-state index in [0.717, 1.165) is 51.4 Å². The number of methoxy groups -OCH3 is 2. The number of carboxylic acids is 1. The second-order valence-electron chi connectivity index (χ2n) is 10.3. The van der Waals surface area contributed by atoms with Crippen LogP contribution in [0.5, 0.6) is 0 Å². The molecule has 0 spiro atoms. The second-order valence-corrected chi connectivity index (χ2v) is 10.3. The molecule has 0 amide bonds.